The standard InChI is InChI=1S/C18H21N5O5/c1-26-16(23-11-20-13-14(23)21-18(19)22-15(13)24)17(25)28-9-5-8-27-10-12-6-3-2-4-7-12/h2-4,6-7,11,16H,5,8-10H2,1H3,(H3,19,21,22,24). The molecule has 3 N–H and O–H groups in total. The number of nitrogens with one attached hydrogen (secondary N) is 1. The van der Waals surface area contributed by atoms with Gasteiger partial charge in [0.15, 0.2) is 11.2 Å². The maximum absolute atomic E-state index is 12.4. The summed E-state index contributed by atoms with van der Waals surface area (Å²) in [5.74, 6) is -0.719. The van der Waals surface area contributed by atoms with Crippen LogP contribution >= 0.6 is 0 Å². The highest BCUT2D eigenvalue weighted by atomic mass is 16.6. The van der Waals surface area contributed by atoms with E-state index in [4.69, 9.17) is 19.9 Å². The van der Waals surface area contributed by atoms with Crippen LogP contribution in [0, 0.1) is 0 Å². The summed E-state index contributed by atoms with van der Waals surface area (Å²) in [6.45, 7) is 1.11. The molecule has 0 fully saturated rings. The Morgan fingerprint density at radius 2 is 2.07 bits per heavy atom. The second kappa shape index (κ2) is 9.11. The fraction of sp³-hybridized carbons (Fsp3) is 0.333. The lowest BCUT2D eigenvalue weighted by molar-refractivity contribution is -0.161. The molecule has 0 aliphatic heterocycles. The number of methoxy groups -OCH3 is 1. The number of carbonyl (C=O) groups is 1. The van der Waals surface area contributed by atoms with E-state index in [0.29, 0.717) is 19.6 Å². The largest absolute Gasteiger partial charge is 0.462 e. The Kier molecular flexibility index (Phi) is 6.35. The highest BCUT2D eigenvalue weighted by molar-refractivity contribution is 5.77. The number of esters is 1. The molecular formula is C18H21N5O5. The zero-order valence-electron chi connectivity index (χ0n) is 15.3. The quantitative estimate of drug-likeness (QED) is 0.410. The number of nitrogens with zero attached hydrogens (tertiary/aromatic N) is 3. The number of hydrogen-bond donors (Lipinski definition) is 2. The first-order chi connectivity index (χ1) is 13.6. The first-order valence-electron chi connectivity index (χ1n) is 8.63. The van der Waals surface area contributed by atoms with Crippen LogP contribution in [0.5, 0.6) is 0 Å². The highest BCUT2D eigenvalue weighted by Gasteiger charge is 2.25. The molecule has 2 aromatic heterocycles. The summed E-state index contributed by atoms with van der Waals surface area (Å²) >= 11 is 0. The van der Waals surface area contributed by atoms with Gasteiger partial charge in [-0.15, -0.1) is 0 Å². The van der Waals surface area contributed by atoms with Gasteiger partial charge in [-0.2, -0.15) is 4.98 Å². The predicted molar refractivity (Wildman–Crippen MR) is 100 cm³/mol. The molecule has 3 rings (SSSR count). The van der Waals surface area contributed by atoms with Gasteiger partial charge in [0.1, 0.15) is 0 Å². The molecule has 10 nitrogen and oxygen atoms in total. The Morgan fingerprint density at radius 1 is 1.29 bits per heavy atom. The van der Waals surface area contributed by atoms with E-state index >= 15 is 0 Å². The zero-order chi connectivity index (χ0) is 19.9. The van der Waals surface area contributed by atoms with E-state index in [1.54, 1.807) is 0 Å². The molecule has 148 valence electrons. The van der Waals surface area contributed by atoms with Crippen LogP contribution in [0.15, 0.2) is 41.5 Å². The van der Waals surface area contributed by atoms with Crippen molar-refractivity contribution in [3.05, 3.63) is 52.6 Å². The Hall–Kier alpha value is -3.24. The number of carbonyl (C=O) groups excluding carboxylic acids is 1. The Morgan fingerprint density at radius 3 is 2.82 bits per heavy atom. The first-order valence-corrected chi connectivity index (χ1v) is 8.63. The third kappa shape index (κ3) is 4.53. The Labute approximate surface area is 160 Å². The number of benzene rings is 1. The van der Waals surface area contributed by atoms with Gasteiger partial charge in [0.25, 0.3) is 5.56 Å². The molecule has 0 radical (unpaired) electrons. The van der Waals surface area contributed by atoms with Crippen molar-refractivity contribution in [2.24, 2.45) is 0 Å². The van der Waals surface area contributed by atoms with Crippen molar-refractivity contribution >= 4 is 23.1 Å². The van der Waals surface area contributed by atoms with Crippen molar-refractivity contribution in [1.29, 1.82) is 0 Å². The molecule has 2 heterocycles. The monoisotopic (exact) mass is 387 g/mol. The van der Waals surface area contributed by atoms with Crippen molar-refractivity contribution in [2.75, 3.05) is 26.1 Å². The van der Waals surface area contributed by atoms with Gasteiger partial charge in [0.2, 0.25) is 12.2 Å². The maximum Gasteiger partial charge on any atom is 0.357 e. The van der Waals surface area contributed by atoms with E-state index in [9.17, 15) is 9.59 Å². The van der Waals surface area contributed by atoms with Crippen LogP contribution < -0.4 is 11.3 Å². The smallest absolute Gasteiger partial charge is 0.357 e. The number of ether oxygens (including phenoxy) is 3. The number of hydrogen-bond acceptors (Lipinski definition) is 8. The van der Waals surface area contributed by atoms with E-state index in [0.717, 1.165) is 5.56 Å². The number of nitrogens with two attached hydrogens (primary N) is 1. The lowest BCUT2D eigenvalue weighted by Gasteiger charge is -2.16. The van der Waals surface area contributed by atoms with Gasteiger partial charge in [-0.05, 0) is 5.56 Å². The molecule has 1 atom stereocenters. The van der Waals surface area contributed by atoms with E-state index < -0.39 is 17.8 Å². The number of aromatic amines is 1. The molecular weight excluding hydrogens is 366 g/mol. The summed E-state index contributed by atoms with van der Waals surface area (Å²) in [6, 6.07) is 9.79. The van der Waals surface area contributed by atoms with Crippen LogP contribution in [0.4, 0.5) is 5.95 Å². The van der Waals surface area contributed by atoms with Crippen LogP contribution in [0.3, 0.4) is 0 Å². The summed E-state index contributed by atoms with van der Waals surface area (Å²) in [5, 5.41) is 0. The molecule has 10 heteroatoms. The van der Waals surface area contributed by atoms with Gasteiger partial charge in [0.05, 0.1) is 26.1 Å². The number of anilines is 1. The zero-order valence-corrected chi connectivity index (χ0v) is 15.3. The molecule has 1 unspecified atom stereocenters. The van der Waals surface area contributed by atoms with Crippen LogP contribution in [-0.2, 0) is 25.6 Å². The molecule has 28 heavy (non-hydrogen) atoms. The molecule has 0 saturated heterocycles. The van der Waals surface area contributed by atoms with E-state index in [1.165, 1.54) is 18.0 Å². The Bertz CT molecular complexity index is 985. The molecule has 0 amide bonds. The predicted octanol–water partition coefficient (Wildman–Crippen LogP) is 0.997. The van der Waals surface area contributed by atoms with Gasteiger partial charge in [0, 0.05) is 13.5 Å². The summed E-state index contributed by atoms with van der Waals surface area (Å²) < 4.78 is 17.3. The molecule has 0 aliphatic rings. The second-order valence-electron chi connectivity index (χ2n) is 5.92. The van der Waals surface area contributed by atoms with E-state index in [-0.39, 0.29) is 23.7 Å². The minimum Gasteiger partial charge on any atom is -0.462 e. The van der Waals surface area contributed by atoms with Gasteiger partial charge in [-0.3, -0.25) is 14.3 Å². The van der Waals surface area contributed by atoms with Crippen molar-refractivity contribution in [1.82, 2.24) is 19.5 Å². The van der Waals surface area contributed by atoms with Crippen LogP contribution in [-0.4, -0.2) is 45.8 Å². The number of rotatable bonds is 9. The number of fused-ring (bicyclic) bond motifs is 1. The normalized spacial score (nSPS) is 12.2. The van der Waals surface area contributed by atoms with Crippen molar-refractivity contribution < 1.29 is 19.0 Å². The van der Waals surface area contributed by atoms with Crippen molar-refractivity contribution in [3.63, 3.8) is 0 Å². The summed E-state index contributed by atoms with van der Waals surface area (Å²) in [7, 11) is 1.34. The van der Waals surface area contributed by atoms with Crippen molar-refractivity contribution in [3.8, 4) is 0 Å². The molecule has 0 aliphatic carbocycles. The maximum atomic E-state index is 12.4. The van der Waals surface area contributed by atoms with Gasteiger partial charge < -0.3 is 19.9 Å². The van der Waals surface area contributed by atoms with Gasteiger partial charge >= 0.3 is 5.97 Å². The molecule has 1 aromatic carbocycles. The molecule has 3 aromatic rings. The van der Waals surface area contributed by atoms with Crippen LogP contribution in [0.25, 0.3) is 11.2 Å². The first kappa shape index (κ1) is 19.5. The number of H-pyrrole nitrogens is 1. The molecule has 0 saturated carbocycles. The minimum absolute atomic E-state index is 0.0540. The number of nitrogen functional groups attached to an aromatic ring is 1. The summed E-state index contributed by atoms with van der Waals surface area (Å²) in [5.41, 5.74) is 6.33. The number of imidazole rings is 1. The van der Waals surface area contributed by atoms with Crippen LogP contribution in [0.1, 0.15) is 18.2 Å². The third-order valence-corrected chi connectivity index (χ3v) is 3.92. The van der Waals surface area contributed by atoms with Gasteiger partial charge in [-0.1, -0.05) is 30.3 Å². The fourth-order valence-corrected chi connectivity index (χ4v) is 2.61. The lowest BCUT2D eigenvalue weighted by Crippen LogP contribution is -2.24. The molecule has 0 spiro atoms. The van der Waals surface area contributed by atoms with Crippen molar-refractivity contribution in [2.45, 2.75) is 19.3 Å². The SMILES string of the molecule is COC(C(=O)OCCCOCc1ccccc1)n1cnc2c(=O)[nH]c(N)nc21. The van der Waals surface area contributed by atoms with E-state index in [1.807, 2.05) is 30.3 Å². The third-order valence-electron chi connectivity index (χ3n) is 3.92. The average Bonchev–Trinajstić information content (AvgIpc) is 3.10. The Balaban J connectivity index is 1.52. The highest BCUT2D eigenvalue weighted by Crippen LogP contribution is 2.16. The summed E-state index contributed by atoms with van der Waals surface area (Å²) in [4.78, 5) is 34.5. The number of aromatic nitrogens is 4. The fourth-order valence-electron chi connectivity index (χ4n) is 2.61. The topological polar surface area (TPSA) is 134 Å². The van der Waals surface area contributed by atoms with Gasteiger partial charge in [-0.25, -0.2) is 9.78 Å². The molecule has 0 bridgehead atoms. The van der Waals surface area contributed by atoms with Crippen LogP contribution in [0.2, 0.25) is 0 Å². The van der Waals surface area contributed by atoms with E-state index in [2.05, 4.69) is 15.0 Å². The lowest BCUT2D eigenvalue weighted by atomic mass is 10.2. The minimum atomic E-state index is -1.14. The average molecular weight is 387 g/mol. The second-order valence-corrected chi connectivity index (χ2v) is 5.92. The summed E-state index contributed by atoms with van der Waals surface area (Å²) in [6.07, 6.45) is 0.680.